The number of halogens is 2. The van der Waals surface area contributed by atoms with Crippen LogP contribution in [0, 0.1) is 18.8 Å². The monoisotopic (exact) mass is 261 g/mol. The van der Waals surface area contributed by atoms with Gasteiger partial charge in [0.05, 0.1) is 0 Å². The van der Waals surface area contributed by atoms with Gasteiger partial charge in [-0.3, -0.25) is 0 Å². The molecule has 1 aromatic carbocycles. The summed E-state index contributed by atoms with van der Waals surface area (Å²) in [6.07, 6.45) is 0. The van der Waals surface area contributed by atoms with Crippen LogP contribution in [-0.2, 0) is 0 Å². The van der Waals surface area contributed by atoms with Gasteiger partial charge in [-0.2, -0.15) is 0 Å². The molecule has 84 valence electrons. The van der Waals surface area contributed by atoms with Gasteiger partial charge < -0.3 is 0 Å². The maximum atomic E-state index is 5.89. The highest BCUT2D eigenvalue weighted by Gasteiger charge is 1.95. The molecule has 17 heavy (non-hydrogen) atoms. The van der Waals surface area contributed by atoms with Gasteiger partial charge in [0.15, 0.2) is 0 Å². The highest BCUT2D eigenvalue weighted by molar-refractivity contribution is 6.34. The first-order chi connectivity index (χ1) is 8.13. The van der Waals surface area contributed by atoms with Gasteiger partial charge in [0.2, 0.25) is 0 Å². The van der Waals surface area contributed by atoms with E-state index in [9.17, 15) is 0 Å². The van der Waals surface area contributed by atoms with Crippen LogP contribution in [-0.4, -0.2) is 4.98 Å². The van der Waals surface area contributed by atoms with Crippen LogP contribution in [0.1, 0.15) is 17.0 Å². The lowest BCUT2D eigenvalue weighted by atomic mass is 10.2. The molecule has 0 bridgehead atoms. The van der Waals surface area contributed by atoms with Crippen molar-refractivity contribution in [2.45, 2.75) is 6.92 Å². The summed E-state index contributed by atoms with van der Waals surface area (Å²) in [7, 11) is 0. The highest BCUT2D eigenvalue weighted by Crippen LogP contribution is 2.18. The number of hydrogen-bond donors (Lipinski definition) is 0. The molecule has 0 aliphatic rings. The van der Waals surface area contributed by atoms with Crippen molar-refractivity contribution in [1.29, 1.82) is 0 Å². The molecule has 2 aromatic rings. The normalized spacial score (nSPS) is 9.59. The number of rotatable bonds is 0. The Hall–Kier alpha value is -1.49. The van der Waals surface area contributed by atoms with Crippen molar-refractivity contribution in [1.82, 2.24) is 4.98 Å². The molecule has 0 radical (unpaired) electrons. The molecule has 0 fully saturated rings. The Morgan fingerprint density at radius 3 is 2.35 bits per heavy atom. The van der Waals surface area contributed by atoms with Gasteiger partial charge in [0.25, 0.3) is 0 Å². The van der Waals surface area contributed by atoms with Crippen molar-refractivity contribution in [3.8, 4) is 11.8 Å². The molecule has 0 aliphatic heterocycles. The van der Waals surface area contributed by atoms with E-state index in [4.69, 9.17) is 23.2 Å². The lowest BCUT2D eigenvalue weighted by Gasteiger charge is -1.95. The third-order valence-corrected chi connectivity index (χ3v) is 2.52. The Balaban J connectivity index is 2.32. The molecule has 0 saturated carbocycles. The van der Waals surface area contributed by atoms with E-state index in [0.29, 0.717) is 10.0 Å². The first kappa shape index (κ1) is 12.0. The molecule has 0 unspecified atom stereocenters. The highest BCUT2D eigenvalue weighted by atomic mass is 35.5. The first-order valence-electron chi connectivity index (χ1n) is 5.05. The van der Waals surface area contributed by atoms with Crippen molar-refractivity contribution in [2.75, 3.05) is 0 Å². The van der Waals surface area contributed by atoms with Crippen molar-refractivity contribution in [3.63, 3.8) is 0 Å². The van der Waals surface area contributed by atoms with Crippen molar-refractivity contribution in [3.05, 3.63) is 63.4 Å². The molecule has 3 heteroatoms. The maximum absolute atomic E-state index is 5.89. The fraction of sp³-hybridized carbons (Fsp3) is 0.0714. The van der Waals surface area contributed by atoms with E-state index in [1.807, 2.05) is 25.1 Å². The number of pyridine rings is 1. The van der Waals surface area contributed by atoms with Crippen LogP contribution in [0.3, 0.4) is 0 Å². The standard InChI is InChI=1S/C14H9Cl2N/c1-10-3-2-4-14(17-10)6-5-11-7-12(15)9-13(16)8-11/h2-4,7-9H,1H3. The molecular weight excluding hydrogens is 253 g/mol. The lowest BCUT2D eigenvalue weighted by Crippen LogP contribution is -1.85. The van der Waals surface area contributed by atoms with Gasteiger partial charge in [-0.15, -0.1) is 0 Å². The minimum absolute atomic E-state index is 0.582. The van der Waals surface area contributed by atoms with Gasteiger partial charge in [-0.05, 0) is 43.2 Å². The second-order valence-corrected chi connectivity index (χ2v) is 4.45. The zero-order valence-corrected chi connectivity index (χ0v) is 10.7. The third-order valence-electron chi connectivity index (χ3n) is 2.09. The quantitative estimate of drug-likeness (QED) is 0.651. The predicted octanol–water partition coefficient (Wildman–Crippen LogP) is 4.10. The van der Waals surface area contributed by atoms with Gasteiger partial charge >= 0.3 is 0 Å². The summed E-state index contributed by atoms with van der Waals surface area (Å²) < 4.78 is 0. The van der Waals surface area contributed by atoms with Crippen LogP contribution in [0.15, 0.2) is 36.4 Å². The summed E-state index contributed by atoms with van der Waals surface area (Å²) in [5.41, 5.74) is 2.47. The third kappa shape index (κ3) is 3.49. The molecule has 0 atom stereocenters. The second kappa shape index (κ2) is 5.23. The van der Waals surface area contributed by atoms with Crippen LogP contribution in [0.25, 0.3) is 0 Å². The molecule has 0 saturated heterocycles. The molecule has 0 spiro atoms. The van der Waals surface area contributed by atoms with Crippen molar-refractivity contribution in [2.24, 2.45) is 0 Å². The van der Waals surface area contributed by atoms with Gasteiger partial charge in [0, 0.05) is 21.3 Å². The zero-order valence-electron chi connectivity index (χ0n) is 9.17. The van der Waals surface area contributed by atoms with Crippen molar-refractivity contribution < 1.29 is 0 Å². The van der Waals surface area contributed by atoms with E-state index in [1.54, 1.807) is 18.2 Å². The van der Waals surface area contributed by atoms with E-state index in [-0.39, 0.29) is 0 Å². The Labute approximate surface area is 110 Å². The van der Waals surface area contributed by atoms with Gasteiger partial charge in [0.1, 0.15) is 5.69 Å². The van der Waals surface area contributed by atoms with Crippen molar-refractivity contribution >= 4 is 23.2 Å². The summed E-state index contributed by atoms with van der Waals surface area (Å²) in [5.74, 6) is 5.97. The number of aryl methyl sites for hydroxylation is 1. The summed E-state index contributed by atoms with van der Waals surface area (Å²) >= 11 is 11.8. The minimum Gasteiger partial charge on any atom is -0.245 e. The van der Waals surface area contributed by atoms with E-state index < -0.39 is 0 Å². The van der Waals surface area contributed by atoms with Crippen LogP contribution in [0.2, 0.25) is 10.0 Å². The lowest BCUT2D eigenvalue weighted by molar-refractivity contribution is 1.18. The Morgan fingerprint density at radius 2 is 1.71 bits per heavy atom. The Kier molecular flexibility index (Phi) is 3.68. The minimum atomic E-state index is 0.582. The smallest absolute Gasteiger partial charge is 0.113 e. The fourth-order valence-electron chi connectivity index (χ4n) is 1.37. The molecule has 0 amide bonds. The first-order valence-corrected chi connectivity index (χ1v) is 5.81. The van der Waals surface area contributed by atoms with E-state index in [0.717, 1.165) is 17.0 Å². The summed E-state index contributed by atoms with van der Waals surface area (Å²) in [6, 6.07) is 11.0. The van der Waals surface area contributed by atoms with Crippen LogP contribution in [0.5, 0.6) is 0 Å². The predicted molar refractivity (Wildman–Crippen MR) is 71.4 cm³/mol. The number of hydrogen-bond acceptors (Lipinski definition) is 1. The Bertz CT molecular complexity index is 589. The summed E-state index contributed by atoms with van der Waals surface area (Å²) in [4.78, 5) is 4.29. The van der Waals surface area contributed by atoms with Crippen LogP contribution >= 0.6 is 23.2 Å². The molecule has 0 aliphatic carbocycles. The number of benzene rings is 1. The molecule has 1 heterocycles. The fourth-order valence-corrected chi connectivity index (χ4v) is 1.90. The van der Waals surface area contributed by atoms with Gasteiger partial charge in [-0.1, -0.05) is 35.2 Å². The largest absolute Gasteiger partial charge is 0.245 e. The van der Waals surface area contributed by atoms with E-state index in [2.05, 4.69) is 16.8 Å². The molecule has 2 rings (SSSR count). The van der Waals surface area contributed by atoms with Crippen LogP contribution < -0.4 is 0 Å². The summed E-state index contributed by atoms with van der Waals surface area (Å²) in [6.45, 7) is 1.93. The zero-order chi connectivity index (χ0) is 12.3. The average molecular weight is 262 g/mol. The summed E-state index contributed by atoms with van der Waals surface area (Å²) in [5, 5.41) is 1.16. The Morgan fingerprint density at radius 1 is 1.00 bits per heavy atom. The van der Waals surface area contributed by atoms with Gasteiger partial charge in [-0.25, -0.2) is 4.98 Å². The second-order valence-electron chi connectivity index (χ2n) is 3.57. The number of nitrogens with zero attached hydrogens (tertiary/aromatic N) is 1. The molecular formula is C14H9Cl2N. The van der Waals surface area contributed by atoms with E-state index in [1.165, 1.54) is 0 Å². The molecule has 1 nitrogen and oxygen atoms in total. The molecule has 0 N–H and O–H groups in total. The number of aromatic nitrogens is 1. The molecule has 1 aromatic heterocycles. The average Bonchev–Trinajstić information content (AvgIpc) is 2.25. The van der Waals surface area contributed by atoms with Crippen LogP contribution in [0.4, 0.5) is 0 Å². The topological polar surface area (TPSA) is 12.9 Å². The SMILES string of the molecule is Cc1cccc(C#Cc2cc(Cl)cc(Cl)c2)n1. The maximum Gasteiger partial charge on any atom is 0.113 e. The van der Waals surface area contributed by atoms with E-state index >= 15 is 0 Å².